The standard InChI is InChI=1S/C31H26N4O4.C2HF3O2/c1-30-14-15-31(39-30,16-18-38-25-13-17-34(33-25)21-7-3-2-4-8-21)27-26(30)28(36)35(29(27)37)24-12-11-20(19-32)22-9-5-6-10-23(22)24;3-2(4,5)1(6)7/h2-13,17,26-27H,14-16,18H2,1H3;(H,6,7)/t26-,27+,30-,31-;/m1./s1. The zero-order valence-electron chi connectivity index (χ0n) is 24.4. The van der Waals surface area contributed by atoms with Crippen molar-refractivity contribution < 1.29 is 42.1 Å². The van der Waals surface area contributed by atoms with Crippen LogP contribution in [0.15, 0.2) is 79.0 Å². The van der Waals surface area contributed by atoms with Crippen molar-refractivity contribution in [3.63, 3.8) is 0 Å². The van der Waals surface area contributed by atoms with Crippen LogP contribution < -0.4 is 9.64 Å². The van der Waals surface area contributed by atoms with Gasteiger partial charge in [-0.3, -0.25) is 9.59 Å². The zero-order chi connectivity index (χ0) is 32.9. The van der Waals surface area contributed by atoms with E-state index in [-0.39, 0.29) is 11.8 Å². The molecule has 0 spiro atoms. The van der Waals surface area contributed by atoms with E-state index in [4.69, 9.17) is 19.4 Å². The van der Waals surface area contributed by atoms with Crippen molar-refractivity contribution in [2.75, 3.05) is 11.5 Å². The van der Waals surface area contributed by atoms with Gasteiger partial charge < -0.3 is 14.6 Å². The van der Waals surface area contributed by atoms with Gasteiger partial charge in [-0.15, -0.1) is 5.10 Å². The molecule has 3 aliphatic rings. The molecule has 10 nitrogen and oxygen atoms in total. The third kappa shape index (κ3) is 5.14. The topological polar surface area (TPSA) is 135 Å². The Morgan fingerprint density at radius 2 is 1.67 bits per heavy atom. The number of alkyl halides is 3. The van der Waals surface area contributed by atoms with Crippen LogP contribution in [-0.4, -0.2) is 56.7 Å². The maximum atomic E-state index is 14.0. The number of ether oxygens (including phenoxy) is 2. The predicted molar refractivity (Wildman–Crippen MR) is 157 cm³/mol. The van der Waals surface area contributed by atoms with Gasteiger partial charge in [0.25, 0.3) is 0 Å². The van der Waals surface area contributed by atoms with Crippen LogP contribution in [0.1, 0.15) is 31.7 Å². The molecule has 4 heterocycles. The number of amides is 2. The molecule has 4 aromatic rings. The average Bonchev–Trinajstić information content (AvgIpc) is 3.77. The van der Waals surface area contributed by atoms with Crippen LogP contribution in [0.4, 0.5) is 18.9 Å². The van der Waals surface area contributed by atoms with E-state index in [1.54, 1.807) is 16.8 Å². The Morgan fingerprint density at radius 1 is 1.02 bits per heavy atom. The molecule has 236 valence electrons. The maximum absolute atomic E-state index is 14.0. The molecule has 46 heavy (non-hydrogen) atoms. The summed E-state index contributed by atoms with van der Waals surface area (Å²) in [7, 11) is 0. The molecule has 0 unspecified atom stereocenters. The molecule has 3 fully saturated rings. The number of carbonyl (C=O) groups is 3. The number of carbonyl (C=O) groups excluding carboxylic acids is 2. The Hall–Kier alpha value is -5.22. The van der Waals surface area contributed by atoms with Gasteiger partial charge in [0.1, 0.15) is 0 Å². The van der Waals surface area contributed by atoms with Crippen LogP contribution in [0.3, 0.4) is 0 Å². The van der Waals surface area contributed by atoms with Crippen molar-refractivity contribution in [2.45, 2.75) is 43.6 Å². The molecular weight excluding hydrogens is 605 g/mol. The summed E-state index contributed by atoms with van der Waals surface area (Å²) >= 11 is 0. The first kappa shape index (κ1) is 30.8. The number of fused-ring (bicyclic) bond motifs is 6. The Labute approximate surface area is 260 Å². The lowest BCUT2D eigenvalue weighted by Gasteiger charge is -2.31. The number of carboxylic acids is 1. The summed E-state index contributed by atoms with van der Waals surface area (Å²) in [5, 5.41) is 22.6. The Bertz CT molecular complexity index is 1890. The molecule has 0 saturated carbocycles. The van der Waals surface area contributed by atoms with Gasteiger partial charge in [0.15, 0.2) is 0 Å². The van der Waals surface area contributed by atoms with E-state index >= 15 is 0 Å². The fourth-order valence-corrected chi connectivity index (χ4v) is 6.86. The third-order valence-electron chi connectivity index (χ3n) is 8.88. The fraction of sp³-hybridized carbons (Fsp3) is 0.303. The van der Waals surface area contributed by atoms with E-state index in [0.29, 0.717) is 48.4 Å². The lowest BCUT2D eigenvalue weighted by atomic mass is 9.67. The molecule has 0 aliphatic carbocycles. The lowest BCUT2D eigenvalue weighted by molar-refractivity contribution is -0.192. The summed E-state index contributed by atoms with van der Waals surface area (Å²) in [5.41, 5.74) is 0.488. The second-order valence-corrected chi connectivity index (χ2v) is 11.6. The van der Waals surface area contributed by atoms with Gasteiger partial charge >= 0.3 is 12.1 Å². The first-order chi connectivity index (χ1) is 21.9. The van der Waals surface area contributed by atoms with E-state index < -0.39 is 35.2 Å². The van der Waals surface area contributed by atoms with Crippen LogP contribution in [0, 0.1) is 23.2 Å². The molecule has 0 radical (unpaired) electrons. The number of anilines is 1. The SMILES string of the molecule is C[C@]12CC[C@](CCOc3ccn(-c4ccccc4)n3)(O1)[C@@H]1C(=O)N(c3ccc(C#N)c4ccccc34)C(=O)[C@@H]12.O=C(O)C(F)(F)F. The second-order valence-electron chi connectivity index (χ2n) is 11.6. The van der Waals surface area contributed by atoms with E-state index in [2.05, 4.69) is 11.2 Å². The Balaban J connectivity index is 0.000000480. The number of rotatable bonds is 6. The number of imide groups is 1. The molecule has 7 rings (SSSR count). The number of carboxylic acid groups (broad SMARTS) is 1. The second kappa shape index (κ2) is 11.3. The maximum Gasteiger partial charge on any atom is 0.490 e. The molecule has 1 aromatic heterocycles. The quantitative estimate of drug-likeness (QED) is 0.278. The molecule has 3 aromatic carbocycles. The van der Waals surface area contributed by atoms with E-state index in [9.17, 15) is 28.0 Å². The number of hydrogen-bond acceptors (Lipinski definition) is 7. The van der Waals surface area contributed by atoms with Crippen molar-refractivity contribution in [1.82, 2.24) is 9.78 Å². The molecule has 3 aliphatic heterocycles. The summed E-state index contributed by atoms with van der Waals surface area (Å²) in [6.45, 7) is 2.26. The van der Waals surface area contributed by atoms with Crippen molar-refractivity contribution >= 4 is 34.2 Å². The van der Waals surface area contributed by atoms with Crippen molar-refractivity contribution in [1.29, 1.82) is 5.26 Å². The highest BCUT2D eigenvalue weighted by atomic mass is 19.4. The number of aliphatic carboxylic acids is 1. The number of benzene rings is 3. The number of halogens is 3. The number of nitriles is 1. The molecule has 13 heteroatoms. The van der Waals surface area contributed by atoms with E-state index in [1.807, 2.05) is 73.8 Å². The third-order valence-corrected chi connectivity index (χ3v) is 8.88. The van der Waals surface area contributed by atoms with Gasteiger partial charge in [0.2, 0.25) is 17.7 Å². The Kier molecular flexibility index (Phi) is 7.56. The van der Waals surface area contributed by atoms with Crippen molar-refractivity contribution in [2.24, 2.45) is 11.8 Å². The minimum Gasteiger partial charge on any atom is -0.476 e. The van der Waals surface area contributed by atoms with Gasteiger partial charge in [0, 0.05) is 29.5 Å². The van der Waals surface area contributed by atoms with Gasteiger partial charge in [-0.2, -0.15) is 18.4 Å². The molecule has 3 saturated heterocycles. The Morgan fingerprint density at radius 3 is 2.35 bits per heavy atom. The monoisotopic (exact) mass is 632 g/mol. The van der Waals surface area contributed by atoms with E-state index in [0.717, 1.165) is 11.1 Å². The number of nitrogens with zero attached hydrogens (tertiary/aromatic N) is 4. The molecule has 1 N–H and O–H groups in total. The molecular formula is C33H27F3N4O6. The molecule has 2 bridgehead atoms. The normalized spacial score (nSPS) is 24.8. The summed E-state index contributed by atoms with van der Waals surface area (Å²) in [6, 6.07) is 24.6. The van der Waals surface area contributed by atoms with Gasteiger partial charge in [0.05, 0.1) is 52.7 Å². The number of para-hydroxylation sites is 1. The van der Waals surface area contributed by atoms with Crippen molar-refractivity contribution in [3.05, 3.63) is 84.6 Å². The number of aromatic nitrogens is 2. The number of hydrogen-bond donors (Lipinski definition) is 1. The fourth-order valence-electron chi connectivity index (χ4n) is 6.86. The van der Waals surface area contributed by atoms with Crippen LogP contribution in [0.25, 0.3) is 16.5 Å². The minimum absolute atomic E-state index is 0.230. The first-order valence-corrected chi connectivity index (χ1v) is 14.4. The lowest BCUT2D eigenvalue weighted by Crippen LogP contribution is -2.43. The van der Waals surface area contributed by atoms with Crippen LogP contribution in [0.2, 0.25) is 0 Å². The largest absolute Gasteiger partial charge is 0.490 e. The zero-order valence-corrected chi connectivity index (χ0v) is 24.4. The van der Waals surface area contributed by atoms with E-state index in [1.165, 1.54) is 4.90 Å². The molecule has 2 amide bonds. The van der Waals surface area contributed by atoms with Crippen molar-refractivity contribution in [3.8, 4) is 17.6 Å². The van der Waals surface area contributed by atoms with Gasteiger partial charge in [-0.25, -0.2) is 14.4 Å². The van der Waals surface area contributed by atoms with Crippen LogP contribution in [0.5, 0.6) is 5.88 Å². The van der Waals surface area contributed by atoms with Gasteiger partial charge in [-0.1, -0.05) is 42.5 Å². The summed E-state index contributed by atoms with van der Waals surface area (Å²) in [5.74, 6) is -3.87. The first-order valence-electron chi connectivity index (χ1n) is 14.4. The highest BCUT2D eigenvalue weighted by Gasteiger charge is 2.73. The van der Waals surface area contributed by atoms with Gasteiger partial charge in [-0.05, 0) is 44.0 Å². The van der Waals surface area contributed by atoms with Crippen LogP contribution in [-0.2, 0) is 19.1 Å². The smallest absolute Gasteiger partial charge is 0.476 e. The highest BCUT2D eigenvalue weighted by Crippen LogP contribution is 2.62. The summed E-state index contributed by atoms with van der Waals surface area (Å²) in [6.07, 6.45) is -1.37. The average molecular weight is 633 g/mol. The molecule has 4 atom stereocenters. The predicted octanol–water partition coefficient (Wildman–Crippen LogP) is 5.43. The minimum atomic E-state index is -5.08. The highest BCUT2D eigenvalue weighted by molar-refractivity contribution is 6.26. The summed E-state index contributed by atoms with van der Waals surface area (Å²) < 4.78 is 46.0. The summed E-state index contributed by atoms with van der Waals surface area (Å²) in [4.78, 5) is 38.1. The van der Waals surface area contributed by atoms with Crippen LogP contribution >= 0.6 is 0 Å².